The fourth-order valence-corrected chi connectivity index (χ4v) is 13.9. The van der Waals surface area contributed by atoms with Crippen molar-refractivity contribution in [2.24, 2.45) is 0 Å². The van der Waals surface area contributed by atoms with Gasteiger partial charge in [0.2, 0.25) is 0 Å². The van der Waals surface area contributed by atoms with Crippen LogP contribution in [0.5, 0.6) is 17.2 Å². The van der Waals surface area contributed by atoms with Crippen LogP contribution in [-0.2, 0) is 20.5 Å². The molecule has 0 bridgehead atoms. The average molecular weight is 1130 g/mol. The molecule has 0 spiro atoms. The summed E-state index contributed by atoms with van der Waals surface area (Å²) in [5.41, 5.74) is 12.8. The van der Waals surface area contributed by atoms with Gasteiger partial charge in [-0.15, -0.1) is 0 Å². The Bertz CT molecular complexity index is 3770. The number of unbranched alkanes of at least 4 members (excludes halogenated alkanes) is 5. The number of allylic oxidation sites excluding steroid dienone is 2. The second kappa shape index (κ2) is 23.9. The molecule has 3 aliphatic heterocycles. The zero-order chi connectivity index (χ0) is 58.0. The van der Waals surface area contributed by atoms with Crippen LogP contribution in [0, 0.1) is 0 Å². The highest BCUT2D eigenvalue weighted by Crippen LogP contribution is 2.59. The van der Waals surface area contributed by atoms with Crippen molar-refractivity contribution in [2.45, 2.75) is 82.3 Å². The van der Waals surface area contributed by atoms with Gasteiger partial charge in [-0.3, -0.25) is 0 Å². The van der Waals surface area contributed by atoms with Gasteiger partial charge in [0.05, 0.1) is 12.8 Å². The van der Waals surface area contributed by atoms with Gasteiger partial charge in [0.25, 0.3) is 0 Å². The van der Waals surface area contributed by atoms with Gasteiger partial charge in [-0.1, -0.05) is 186 Å². The van der Waals surface area contributed by atoms with Crippen LogP contribution in [0.1, 0.15) is 99.1 Å². The molecule has 2 unspecified atom stereocenters. The summed E-state index contributed by atoms with van der Waals surface area (Å²) >= 11 is 0. The molecule has 9 heteroatoms. The van der Waals surface area contributed by atoms with Gasteiger partial charge in [0.15, 0.2) is 11.2 Å². The van der Waals surface area contributed by atoms with Crippen LogP contribution in [0.25, 0.3) is 33.5 Å². The lowest BCUT2D eigenvalue weighted by molar-refractivity contribution is -0.156. The molecule has 2 saturated heterocycles. The number of piperazine rings is 2. The molecule has 2 aliphatic carbocycles. The van der Waals surface area contributed by atoms with E-state index in [-0.39, 0.29) is 5.41 Å². The topological polar surface area (TPSA) is 67.0 Å². The lowest BCUT2D eigenvalue weighted by Gasteiger charge is -2.40. The third-order valence-electron chi connectivity index (χ3n) is 18.6. The highest BCUT2D eigenvalue weighted by atomic mass is 16.6. The molecule has 0 amide bonds. The smallest absolute Gasteiger partial charge is 0.348 e. The molecule has 2 fully saturated rings. The van der Waals surface area contributed by atoms with E-state index >= 15 is 0 Å². The number of ether oxygens (including phenoxy) is 4. The minimum atomic E-state index is -1.19. The molecule has 0 radical (unpaired) electrons. The molecule has 0 saturated carbocycles. The predicted octanol–water partition coefficient (Wildman–Crippen LogP) is 16.2. The number of anilines is 4. The number of carbonyl (C=O) groups excluding carboxylic acids is 1. The Balaban J connectivity index is 0.762. The summed E-state index contributed by atoms with van der Waals surface area (Å²) in [5.74, 6) is 1.79. The van der Waals surface area contributed by atoms with Crippen molar-refractivity contribution in [1.82, 2.24) is 0 Å². The van der Waals surface area contributed by atoms with Gasteiger partial charge in [0, 0.05) is 110 Å². The summed E-state index contributed by atoms with van der Waals surface area (Å²) < 4.78 is 26.9. The molecule has 9 nitrogen and oxygen atoms in total. The van der Waals surface area contributed by atoms with Crippen molar-refractivity contribution < 1.29 is 23.7 Å². The minimum absolute atomic E-state index is 0.296. The second-order valence-electron chi connectivity index (χ2n) is 24.1. The number of rotatable bonds is 18. The maximum atomic E-state index is 14.2. The Hall–Kier alpha value is -8.53. The van der Waals surface area contributed by atoms with Crippen LogP contribution in [0.15, 0.2) is 200 Å². The fourth-order valence-electron chi connectivity index (χ4n) is 13.9. The number of benzene rings is 8. The first-order valence-corrected chi connectivity index (χ1v) is 31.0. The Morgan fingerprint density at radius 2 is 1.15 bits per heavy atom. The van der Waals surface area contributed by atoms with Crippen molar-refractivity contribution >= 4 is 51.1 Å². The molecule has 8 aromatic rings. The summed E-state index contributed by atoms with van der Waals surface area (Å²) in [6, 6.07) is 62.4. The number of nitrogens with zero attached hydrogens (tertiary/aromatic N) is 4. The summed E-state index contributed by atoms with van der Waals surface area (Å²) in [6.07, 6.45) is 17.9. The van der Waals surface area contributed by atoms with E-state index in [2.05, 4.69) is 204 Å². The van der Waals surface area contributed by atoms with Gasteiger partial charge in [0.1, 0.15) is 17.2 Å². The molecule has 13 rings (SSSR count). The molecule has 5 aliphatic rings. The molecule has 0 N–H and O–H groups in total. The first-order chi connectivity index (χ1) is 41.7. The third-order valence-corrected chi connectivity index (χ3v) is 18.6. The normalized spacial score (nSPS) is 19.5. The fraction of sp³-hybridized carbons (Fsp3) is 0.303. The zero-order valence-corrected chi connectivity index (χ0v) is 49.8. The molecule has 0 aromatic heterocycles. The van der Waals surface area contributed by atoms with E-state index in [9.17, 15) is 4.79 Å². The molecular formula is C76H78N4O5. The minimum Gasteiger partial charge on any atom is -0.495 e. The van der Waals surface area contributed by atoms with E-state index in [1.54, 1.807) is 7.11 Å². The van der Waals surface area contributed by atoms with Crippen LogP contribution in [0.3, 0.4) is 0 Å². The standard InChI is InChI=1S/C76H78N4O5/c1-5-6-7-8-9-21-52-83-75(41-38-56(39-42-75)55-22-13-10-14-23-55)73(81)84-62-36-34-61(35-37-62)79-48-50-80(51-49-79)68-53-65-66(54-69(68)82-4)72-64(71-70(65)63-28-19-20-29-67(63)74(71,2)3)40-43-76(85-72,57-24-15-11-16-25-57)58-30-32-60(33-31-58)78-46-44-77(45-47-78)59-26-17-12-18-27-59/h10-20,22-41,43,53-54H,5-9,21,42,44-52H2,1-4H3. The monoisotopic (exact) mass is 1130 g/mol. The van der Waals surface area contributed by atoms with E-state index < -0.39 is 17.2 Å². The first-order valence-electron chi connectivity index (χ1n) is 31.0. The summed E-state index contributed by atoms with van der Waals surface area (Å²) in [5, 5.41) is 2.19. The SMILES string of the molecule is CCCCCCCCOC1(C(=O)Oc2ccc(N3CCN(c4cc5c6c(c7c(c5cc4OC)OC(c4ccccc4)(c4ccc(N5CCN(c8ccccc8)CC5)cc4)C=C7)C(C)(C)c4ccccc4-6)CC3)cc2)C=CC(c2ccccc2)=CC1. The number of esters is 1. The summed E-state index contributed by atoms with van der Waals surface area (Å²) in [7, 11) is 1.79. The summed E-state index contributed by atoms with van der Waals surface area (Å²) in [4.78, 5) is 24.1. The van der Waals surface area contributed by atoms with Gasteiger partial charge in [-0.05, 0) is 118 Å². The van der Waals surface area contributed by atoms with Gasteiger partial charge in [-0.2, -0.15) is 0 Å². The number of methoxy groups -OCH3 is 1. The maximum Gasteiger partial charge on any atom is 0.348 e. The van der Waals surface area contributed by atoms with E-state index in [1.165, 1.54) is 59.3 Å². The lowest BCUT2D eigenvalue weighted by Crippen LogP contribution is -2.46. The number of fused-ring (bicyclic) bond motifs is 8. The molecule has 85 heavy (non-hydrogen) atoms. The molecule has 432 valence electrons. The van der Waals surface area contributed by atoms with Crippen molar-refractivity contribution in [2.75, 3.05) is 85.7 Å². The molecule has 3 heterocycles. The number of hydrogen-bond acceptors (Lipinski definition) is 9. The van der Waals surface area contributed by atoms with E-state index in [4.69, 9.17) is 18.9 Å². The first kappa shape index (κ1) is 55.6. The Labute approximate surface area is 502 Å². The largest absolute Gasteiger partial charge is 0.495 e. The van der Waals surface area contributed by atoms with Crippen LogP contribution >= 0.6 is 0 Å². The van der Waals surface area contributed by atoms with E-state index in [1.807, 2.05) is 42.5 Å². The Morgan fingerprint density at radius 1 is 0.576 bits per heavy atom. The van der Waals surface area contributed by atoms with E-state index in [0.29, 0.717) is 18.8 Å². The second-order valence-corrected chi connectivity index (χ2v) is 24.1. The van der Waals surface area contributed by atoms with Crippen molar-refractivity contribution in [3.05, 3.63) is 234 Å². The Morgan fingerprint density at radius 3 is 1.80 bits per heavy atom. The van der Waals surface area contributed by atoms with Gasteiger partial charge < -0.3 is 38.5 Å². The summed E-state index contributed by atoms with van der Waals surface area (Å²) in [6.45, 7) is 14.5. The van der Waals surface area contributed by atoms with Gasteiger partial charge >= 0.3 is 5.97 Å². The van der Waals surface area contributed by atoms with Crippen LogP contribution < -0.4 is 33.8 Å². The number of para-hydroxylation sites is 1. The van der Waals surface area contributed by atoms with Gasteiger partial charge in [-0.25, -0.2) is 4.79 Å². The van der Waals surface area contributed by atoms with Crippen LogP contribution in [-0.4, -0.2) is 77.6 Å². The van der Waals surface area contributed by atoms with E-state index in [0.717, 1.165) is 127 Å². The van der Waals surface area contributed by atoms with Crippen LogP contribution in [0.2, 0.25) is 0 Å². The van der Waals surface area contributed by atoms with Crippen molar-refractivity contribution in [3.8, 4) is 28.4 Å². The lowest BCUT2D eigenvalue weighted by atomic mass is 9.76. The highest BCUT2D eigenvalue weighted by Gasteiger charge is 2.45. The van der Waals surface area contributed by atoms with Crippen LogP contribution in [0.4, 0.5) is 22.7 Å². The third kappa shape index (κ3) is 10.7. The highest BCUT2D eigenvalue weighted by molar-refractivity contribution is 6.10. The Kier molecular flexibility index (Phi) is 15.6. The average Bonchev–Trinajstić information content (AvgIpc) is 1.70. The predicted molar refractivity (Wildman–Crippen MR) is 349 cm³/mol. The quantitative estimate of drug-likeness (QED) is 0.0475. The number of hydrogen-bond donors (Lipinski definition) is 0. The van der Waals surface area contributed by atoms with Crippen molar-refractivity contribution in [3.63, 3.8) is 0 Å². The van der Waals surface area contributed by atoms with Crippen molar-refractivity contribution in [1.29, 1.82) is 0 Å². The molecule has 2 atom stereocenters. The maximum absolute atomic E-state index is 14.2. The number of carbonyl (C=O) groups is 1. The molecule has 8 aromatic carbocycles. The zero-order valence-electron chi connectivity index (χ0n) is 49.8. The molecular weight excluding hydrogens is 1050 g/mol.